The third-order valence-corrected chi connectivity index (χ3v) is 5.70. The smallest absolute Gasteiger partial charge is 0.256 e. The van der Waals surface area contributed by atoms with Gasteiger partial charge >= 0.3 is 0 Å². The van der Waals surface area contributed by atoms with Gasteiger partial charge in [-0.3, -0.25) is 9.89 Å². The van der Waals surface area contributed by atoms with Crippen LogP contribution in [-0.2, 0) is 19.4 Å². The van der Waals surface area contributed by atoms with Gasteiger partial charge < -0.3 is 19.9 Å². The molecule has 0 fully saturated rings. The van der Waals surface area contributed by atoms with Gasteiger partial charge in [0.2, 0.25) is 0 Å². The largest absolute Gasteiger partial charge is 0.489 e. The van der Waals surface area contributed by atoms with Gasteiger partial charge in [0.25, 0.3) is 5.91 Å². The van der Waals surface area contributed by atoms with Crippen LogP contribution in [0.25, 0.3) is 0 Å². The number of ether oxygens (including phenoxy) is 2. The zero-order chi connectivity index (χ0) is 23.6. The van der Waals surface area contributed by atoms with Gasteiger partial charge in [-0.05, 0) is 31.2 Å². The first-order valence-corrected chi connectivity index (χ1v) is 11.4. The maximum atomic E-state index is 12.4. The Morgan fingerprint density at radius 2 is 2.16 bits per heavy atom. The van der Waals surface area contributed by atoms with Gasteiger partial charge in [-0.15, -0.1) is 0 Å². The Kier molecular flexibility index (Phi) is 9.17. The summed E-state index contributed by atoms with van der Waals surface area (Å²) >= 11 is 0. The molecule has 0 aliphatic carbocycles. The van der Waals surface area contributed by atoms with Crippen LogP contribution in [0.3, 0.4) is 0 Å². The average Bonchev–Trinajstić information content (AvgIpc) is 3.30. The number of aromatic nitrogens is 3. The molecule has 1 atom stereocenters. The summed E-state index contributed by atoms with van der Waals surface area (Å²) in [5.41, 5.74) is 0.215. The fraction of sp³-hybridized carbons (Fsp3) is 0.286. The zero-order valence-electron chi connectivity index (χ0n) is 17.8. The third-order valence-electron chi connectivity index (χ3n) is 4.07. The van der Waals surface area contributed by atoms with E-state index in [-0.39, 0.29) is 35.3 Å². The van der Waals surface area contributed by atoms with Crippen LogP contribution in [0.5, 0.6) is 5.75 Å². The standard InChI is InChI=1S/C21H26N4O6S/c1-4-16(21(27)24-19-8-10-23-25-19)12-17(31-15(3)14-26)9-11-30-18-6-7-20(22-13-18)32(28,29)5-2/h4,6-10,12-13,15,26H,1,5,11,14H2,2-3H3,(H2,23,24,25,27)/b16-12+,17-9+. The lowest BCUT2D eigenvalue weighted by atomic mass is 10.2. The molecule has 10 nitrogen and oxygen atoms in total. The average molecular weight is 463 g/mol. The molecule has 3 N–H and O–H groups in total. The third kappa shape index (κ3) is 7.36. The molecule has 32 heavy (non-hydrogen) atoms. The summed E-state index contributed by atoms with van der Waals surface area (Å²) < 4.78 is 34.9. The Labute approximate surface area is 186 Å². The van der Waals surface area contributed by atoms with Crippen molar-refractivity contribution in [1.82, 2.24) is 15.2 Å². The molecule has 0 saturated heterocycles. The van der Waals surface area contributed by atoms with E-state index in [1.54, 1.807) is 26.0 Å². The van der Waals surface area contributed by atoms with Crippen molar-refractivity contribution in [2.45, 2.75) is 25.0 Å². The molecule has 0 saturated carbocycles. The van der Waals surface area contributed by atoms with E-state index >= 15 is 0 Å². The van der Waals surface area contributed by atoms with E-state index in [1.807, 2.05) is 0 Å². The second-order valence-corrected chi connectivity index (χ2v) is 8.72. The zero-order valence-corrected chi connectivity index (χ0v) is 18.6. The molecular weight excluding hydrogens is 436 g/mol. The van der Waals surface area contributed by atoms with E-state index in [0.717, 1.165) is 0 Å². The first-order valence-electron chi connectivity index (χ1n) is 9.73. The molecule has 0 aliphatic rings. The number of H-pyrrole nitrogens is 1. The molecule has 0 bridgehead atoms. The summed E-state index contributed by atoms with van der Waals surface area (Å²) in [6, 6.07) is 4.47. The molecule has 1 unspecified atom stereocenters. The van der Waals surface area contributed by atoms with Gasteiger partial charge in [0.1, 0.15) is 30.0 Å². The number of aliphatic hydroxyl groups excluding tert-OH is 1. The summed E-state index contributed by atoms with van der Waals surface area (Å²) in [6.45, 7) is 6.67. The molecule has 1 amide bonds. The Hall–Kier alpha value is -3.44. The molecule has 2 aromatic rings. The molecule has 0 aliphatic heterocycles. The van der Waals surface area contributed by atoms with Crippen LogP contribution in [-0.4, -0.2) is 59.7 Å². The van der Waals surface area contributed by atoms with Crippen LogP contribution >= 0.6 is 0 Å². The van der Waals surface area contributed by atoms with Crippen LogP contribution < -0.4 is 10.1 Å². The number of aromatic amines is 1. The summed E-state index contributed by atoms with van der Waals surface area (Å²) in [6.07, 6.45) is 6.68. The molecule has 11 heteroatoms. The Morgan fingerprint density at radius 1 is 1.38 bits per heavy atom. The molecule has 0 aromatic carbocycles. The summed E-state index contributed by atoms with van der Waals surface area (Å²) in [5.74, 6) is 0.573. The fourth-order valence-electron chi connectivity index (χ4n) is 2.31. The van der Waals surface area contributed by atoms with Crippen molar-refractivity contribution in [3.63, 3.8) is 0 Å². The fourth-order valence-corrected chi connectivity index (χ4v) is 3.09. The highest BCUT2D eigenvalue weighted by molar-refractivity contribution is 7.91. The van der Waals surface area contributed by atoms with Crippen molar-refractivity contribution >= 4 is 21.6 Å². The lowest BCUT2D eigenvalue weighted by Crippen LogP contribution is -2.16. The van der Waals surface area contributed by atoms with Crippen molar-refractivity contribution < 1.29 is 27.8 Å². The normalized spacial score (nSPS) is 13.3. The monoisotopic (exact) mass is 462 g/mol. The van der Waals surface area contributed by atoms with Gasteiger partial charge in [0.15, 0.2) is 14.9 Å². The highest BCUT2D eigenvalue weighted by Gasteiger charge is 2.13. The number of carbonyl (C=O) groups is 1. The first-order chi connectivity index (χ1) is 15.3. The molecule has 172 valence electrons. The van der Waals surface area contributed by atoms with Gasteiger partial charge in [-0.1, -0.05) is 19.6 Å². The Balaban J connectivity index is 2.13. The predicted octanol–water partition coefficient (Wildman–Crippen LogP) is 2.01. The first kappa shape index (κ1) is 24.8. The van der Waals surface area contributed by atoms with Crippen LogP contribution in [0.1, 0.15) is 13.8 Å². The van der Waals surface area contributed by atoms with Crippen molar-refractivity contribution in [2.24, 2.45) is 0 Å². The number of nitrogens with zero attached hydrogens (tertiary/aromatic N) is 2. The number of pyridine rings is 1. The van der Waals surface area contributed by atoms with E-state index in [4.69, 9.17) is 9.47 Å². The number of sulfone groups is 1. The van der Waals surface area contributed by atoms with E-state index in [2.05, 4.69) is 27.1 Å². The second-order valence-electron chi connectivity index (χ2n) is 6.49. The van der Waals surface area contributed by atoms with Crippen LogP contribution in [0, 0.1) is 0 Å². The number of nitrogens with one attached hydrogen (secondary N) is 2. The summed E-state index contributed by atoms with van der Waals surface area (Å²) in [4.78, 5) is 16.4. The number of aliphatic hydroxyl groups is 1. The molecule has 2 aromatic heterocycles. The Bertz CT molecular complexity index is 1060. The Morgan fingerprint density at radius 3 is 2.72 bits per heavy atom. The van der Waals surface area contributed by atoms with Gasteiger partial charge in [0.05, 0.1) is 24.8 Å². The van der Waals surface area contributed by atoms with Gasteiger partial charge in [-0.25, -0.2) is 13.4 Å². The predicted molar refractivity (Wildman–Crippen MR) is 119 cm³/mol. The maximum absolute atomic E-state index is 12.4. The number of rotatable bonds is 12. The van der Waals surface area contributed by atoms with E-state index in [1.165, 1.54) is 36.7 Å². The van der Waals surface area contributed by atoms with Crippen LogP contribution in [0.15, 0.2) is 71.8 Å². The highest BCUT2D eigenvalue weighted by atomic mass is 32.2. The summed E-state index contributed by atoms with van der Waals surface area (Å²) in [5, 5.41) is 18.3. The highest BCUT2D eigenvalue weighted by Crippen LogP contribution is 2.15. The molecule has 2 heterocycles. The lowest BCUT2D eigenvalue weighted by Gasteiger charge is -2.14. The number of carbonyl (C=O) groups excluding carboxylic acids is 1. The number of anilines is 1. The van der Waals surface area contributed by atoms with Gasteiger partial charge in [-0.2, -0.15) is 5.10 Å². The summed E-state index contributed by atoms with van der Waals surface area (Å²) in [7, 11) is -3.39. The molecule has 0 radical (unpaired) electrons. The van der Waals surface area contributed by atoms with Crippen molar-refractivity contribution in [2.75, 3.05) is 24.3 Å². The van der Waals surface area contributed by atoms with Crippen molar-refractivity contribution in [3.8, 4) is 5.75 Å². The molecular formula is C21H26N4O6S. The molecule has 2 rings (SSSR count). The quantitative estimate of drug-likeness (QED) is 0.247. The van der Waals surface area contributed by atoms with Crippen molar-refractivity contribution in [1.29, 1.82) is 0 Å². The SMILES string of the molecule is C=C/C(=C\C(=C/COc1ccc(S(=O)(=O)CC)nc1)OC(C)CO)C(=O)Nc1ccn[nH]1. The number of hydrogen-bond donors (Lipinski definition) is 3. The van der Waals surface area contributed by atoms with E-state index < -0.39 is 21.8 Å². The van der Waals surface area contributed by atoms with Crippen molar-refractivity contribution in [3.05, 3.63) is 66.7 Å². The topological polar surface area (TPSA) is 144 Å². The number of amides is 1. The second kappa shape index (κ2) is 11.8. The lowest BCUT2D eigenvalue weighted by molar-refractivity contribution is -0.112. The van der Waals surface area contributed by atoms with E-state index in [9.17, 15) is 18.3 Å². The van der Waals surface area contributed by atoms with Crippen LogP contribution in [0.4, 0.5) is 5.82 Å². The minimum Gasteiger partial charge on any atom is -0.489 e. The minimum absolute atomic E-state index is 0.0227. The molecule has 0 spiro atoms. The van der Waals surface area contributed by atoms with E-state index in [0.29, 0.717) is 11.6 Å². The minimum atomic E-state index is -3.39. The number of allylic oxidation sites excluding steroid dienone is 1. The van der Waals surface area contributed by atoms with Gasteiger partial charge in [0, 0.05) is 11.6 Å². The number of hydrogen-bond acceptors (Lipinski definition) is 8. The maximum Gasteiger partial charge on any atom is 0.256 e. The van der Waals surface area contributed by atoms with Crippen LogP contribution in [0.2, 0.25) is 0 Å².